The molecule has 0 radical (unpaired) electrons. The molecule has 24 heavy (non-hydrogen) atoms. The van der Waals surface area contributed by atoms with Gasteiger partial charge in [-0.05, 0) is 30.9 Å². The second-order valence-electron chi connectivity index (χ2n) is 7.35. The first-order valence-corrected chi connectivity index (χ1v) is 7.76. The fourth-order valence-corrected chi connectivity index (χ4v) is 3.78. The number of alkyl halides is 2. The van der Waals surface area contributed by atoms with Crippen LogP contribution < -0.4 is 5.46 Å². The summed E-state index contributed by atoms with van der Waals surface area (Å²) < 4.78 is 38.6. The maximum absolute atomic E-state index is 13.6. The first kappa shape index (κ1) is 15.7. The normalized spacial score (nSPS) is 25.3. The summed E-state index contributed by atoms with van der Waals surface area (Å²) >= 11 is 0. The smallest absolute Gasteiger partial charge is 0.477 e. The molecule has 5 nitrogen and oxygen atoms in total. The topological polar surface area (TPSA) is 68.1 Å². The first-order valence-electron chi connectivity index (χ1n) is 7.76. The maximum atomic E-state index is 13.6. The molecule has 0 atom stereocenters. The van der Waals surface area contributed by atoms with E-state index in [2.05, 4.69) is 4.99 Å². The number of carboxylic acids is 1. The summed E-state index contributed by atoms with van der Waals surface area (Å²) in [4.78, 5) is 15.6. The monoisotopic (exact) mass is 335 g/mol. The third-order valence-corrected chi connectivity index (χ3v) is 4.83. The average Bonchev–Trinajstić information content (AvgIpc) is 2.96. The fourth-order valence-electron chi connectivity index (χ4n) is 3.78. The van der Waals surface area contributed by atoms with Crippen molar-refractivity contribution < 1.29 is 28.0 Å². The van der Waals surface area contributed by atoms with E-state index in [4.69, 9.17) is 9.31 Å². The molecule has 0 aromatic heterocycles. The van der Waals surface area contributed by atoms with Crippen LogP contribution in [0.25, 0.3) is 0 Å². The molecule has 126 valence electrons. The minimum atomic E-state index is -2.86. The molecule has 1 saturated heterocycles. The molecule has 1 saturated carbocycles. The van der Waals surface area contributed by atoms with Crippen molar-refractivity contribution in [2.75, 3.05) is 6.61 Å². The molecule has 0 bridgehead atoms. The summed E-state index contributed by atoms with van der Waals surface area (Å²) in [6.07, 6.45) is -1.06. The Morgan fingerprint density at radius 3 is 2.58 bits per heavy atom. The van der Waals surface area contributed by atoms with Crippen LogP contribution in [0.4, 0.5) is 14.5 Å². The highest BCUT2D eigenvalue weighted by Crippen LogP contribution is 2.58. The van der Waals surface area contributed by atoms with Gasteiger partial charge in [-0.25, -0.2) is 18.6 Å². The lowest BCUT2D eigenvalue weighted by molar-refractivity contribution is -0.132. The Hall–Kier alpha value is -1.80. The van der Waals surface area contributed by atoms with Gasteiger partial charge in [-0.3, -0.25) is 0 Å². The Labute approximate surface area is 137 Å². The van der Waals surface area contributed by atoms with Crippen LogP contribution in [0.15, 0.2) is 23.2 Å². The van der Waals surface area contributed by atoms with Crippen molar-refractivity contribution in [1.29, 1.82) is 0 Å². The minimum absolute atomic E-state index is 0.200. The zero-order valence-electron chi connectivity index (χ0n) is 13.3. The zero-order chi connectivity index (χ0) is 17.3. The molecule has 1 N–H and O–H groups in total. The fraction of sp³-hybridized carbons (Fsp3) is 0.500. The van der Waals surface area contributed by atoms with Gasteiger partial charge in [-0.15, -0.1) is 0 Å². The number of aliphatic carboxylic acids is 1. The summed E-state index contributed by atoms with van der Waals surface area (Å²) in [5.41, 5.74) is -0.184. The van der Waals surface area contributed by atoms with Crippen LogP contribution in [0.3, 0.4) is 0 Å². The summed E-state index contributed by atoms with van der Waals surface area (Å²) in [7, 11) is -0.586. The summed E-state index contributed by atoms with van der Waals surface area (Å²) in [5, 5.41) is 9.38. The number of carbonyl (C=O) groups is 1. The van der Waals surface area contributed by atoms with E-state index < -0.39 is 42.9 Å². The van der Waals surface area contributed by atoms with Gasteiger partial charge in [0.15, 0.2) is 0 Å². The van der Waals surface area contributed by atoms with Crippen LogP contribution in [0, 0.1) is 0 Å². The van der Waals surface area contributed by atoms with Gasteiger partial charge in [0.05, 0.1) is 23.3 Å². The van der Waals surface area contributed by atoms with Crippen molar-refractivity contribution in [1.82, 2.24) is 0 Å². The molecular weight excluding hydrogens is 319 g/mol. The molecule has 1 spiro atoms. The quantitative estimate of drug-likeness (QED) is 0.840. The van der Waals surface area contributed by atoms with Gasteiger partial charge in [-0.2, -0.15) is 0 Å². The molecule has 8 heteroatoms. The van der Waals surface area contributed by atoms with Crippen molar-refractivity contribution in [3.63, 3.8) is 0 Å². The highest BCUT2D eigenvalue weighted by molar-refractivity contribution is 6.62. The van der Waals surface area contributed by atoms with E-state index in [1.807, 2.05) is 13.8 Å². The molecule has 4 rings (SSSR count). The van der Waals surface area contributed by atoms with Crippen LogP contribution in [0.2, 0.25) is 0 Å². The van der Waals surface area contributed by atoms with Gasteiger partial charge in [0, 0.05) is 12.8 Å². The van der Waals surface area contributed by atoms with Gasteiger partial charge in [0.2, 0.25) is 0 Å². The Morgan fingerprint density at radius 1 is 1.33 bits per heavy atom. The van der Waals surface area contributed by atoms with E-state index in [1.165, 1.54) is 0 Å². The molecule has 0 amide bonds. The number of hydrogen-bond acceptors (Lipinski definition) is 4. The van der Waals surface area contributed by atoms with E-state index >= 15 is 0 Å². The van der Waals surface area contributed by atoms with Crippen LogP contribution in [-0.4, -0.2) is 42.0 Å². The van der Waals surface area contributed by atoms with E-state index in [0.717, 1.165) is 0 Å². The van der Waals surface area contributed by atoms with Crippen molar-refractivity contribution in [3.05, 3.63) is 23.8 Å². The summed E-state index contributed by atoms with van der Waals surface area (Å²) in [6, 6.07) is 5.09. The van der Waals surface area contributed by atoms with Crippen LogP contribution in [-0.2, 0) is 19.5 Å². The number of benzene rings is 1. The Morgan fingerprint density at radius 2 is 2.04 bits per heavy atom. The number of fused-ring (bicyclic) bond motifs is 2. The number of nitrogens with zero attached hydrogens (tertiary/aromatic N) is 1. The summed E-state index contributed by atoms with van der Waals surface area (Å²) in [5.74, 6) is -4.12. The molecule has 2 heterocycles. The van der Waals surface area contributed by atoms with E-state index in [9.17, 15) is 18.7 Å². The van der Waals surface area contributed by atoms with Gasteiger partial charge in [0.1, 0.15) is 5.71 Å². The SMILES string of the molecule is CC1(C)COB(c2ccc3c(c2)C2(CC(F)(F)C2)C(C(=O)O)=N3)O1. The van der Waals surface area contributed by atoms with Crippen LogP contribution >= 0.6 is 0 Å². The van der Waals surface area contributed by atoms with Gasteiger partial charge in [-0.1, -0.05) is 12.1 Å². The Balaban J connectivity index is 1.73. The number of rotatable bonds is 2. The van der Waals surface area contributed by atoms with E-state index in [-0.39, 0.29) is 5.71 Å². The van der Waals surface area contributed by atoms with Gasteiger partial charge in [0.25, 0.3) is 5.92 Å². The molecular formula is C16H16BF2NO4. The second-order valence-corrected chi connectivity index (χ2v) is 7.35. The number of carboxylic acid groups (broad SMARTS) is 1. The van der Waals surface area contributed by atoms with Gasteiger partial charge < -0.3 is 14.4 Å². The maximum Gasteiger partial charge on any atom is 0.494 e. The Kier molecular flexibility index (Phi) is 3.04. The third kappa shape index (κ3) is 2.20. The molecule has 0 unspecified atom stereocenters. The molecule has 2 fully saturated rings. The van der Waals surface area contributed by atoms with E-state index in [0.29, 0.717) is 23.3 Å². The third-order valence-electron chi connectivity index (χ3n) is 4.83. The highest BCUT2D eigenvalue weighted by atomic mass is 19.3. The Bertz CT molecular complexity index is 769. The van der Waals surface area contributed by atoms with Crippen molar-refractivity contribution >= 4 is 29.9 Å². The van der Waals surface area contributed by atoms with Crippen molar-refractivity contribution in [2.45, 2.75) is 43.6 Å². The largest absolute Gasteiger partial charge is 0.494 e. The molecule has 2 aliphatic heterocycles. The average molecular weight is 335 g/mol. The standard InChI is InChI=1S/C16H16BF2NO4/c1-14(2)8-23-17(24-14)9-3-4-11-10(5-9)15(6-16(18,19)7-15)12(20-11)13(21)22/h3-5H,6-8H2,1-2H3,(H,21,22). The number of aliphatic imine (C=N–C) groups is 1. The predicted octanol–water partition coefficient (Wildman–Crippen LogP) is 2.04. The first-order chi connectivity index (χ1) is 11.1. The van der Waals surface area contributed by atoms with Gasteiger partial charge >= 0.3 is 13.1 Å². The molecule has 3 aliphatic rings. The van der Waals surface area contributed by atoms with Crippen LogP contribution in [0.5, 0.6) is 0 Å². The van der Waals surface area contributed by atoms with Crippen molar-refractivity contribution in [3.8, 4) is 0 Å². The van der Waals surface area contributed by atoms with E-state index in [1.54, 1.807) is 18.2 Å². The lowest BCUT2D eigenvalue weighted by atomic mass is 9.59. The number of halogens is 2. The van der Waals surface area contributed by atoms with Crippen molar-refractivity contribution in [2.24, 2.45) is 4.99 Å². The predicted molar refractivity (Wildman–Crippen MR) is 83.5 cm³/mol. The highest BCUT2D eigenvalue weighted by Gasteiger charge is 2.64. The lowest BCUT2D eigenvalue weighted by Gasteiger charge is -2.45. The number of hydrogen-bond donors (Lipinski definition) is 1. The molecule has 1 aromatic rings. The minimum Gasteiger partial charge on any atom is -0.477 e. The lowest BCUT2D eigenvalue weighted by Crippen LogP contribution is -2.55. The van der Waals surface area contributed by atoms with Crippen LogP contribution in [0.1, 0.15) is 32.3 Å². The summed E-state index contributed by atoms with van der Waals surface area (Å²) in [6.45, 7) is 4.23. The second kappa shape index (κ2) is 4.64. The molecule has 1 aliphatic carbocycles. The molecule has 1 aromatic carbocycles. The zero-order valence-corrected chi connectivity index (χ0v) is 13.3.